The lowest BCUT2D eigenvalue weighted by molar-refractivity contribution is 0.101. The fraction of sp³-hybridized carbons (Fsp3) is 0.235. The average Bonchev–Trinajstić information content (AvgIpc) is 2.36. The van der Waals surface area contributed by atoms with E-state index in [4.69, 9.17) is 4.74 Å². The van der Waals surface area contributed by atoms with Crippen LogP contribution >= 0.6 is 0 Å². The third-order valence-electron chi connectivity index (χ3n) is 3.28. The third-order valence-corrected chi connectivity index (χ3v) is 3.28. The summed E-state index contributed by atoms with van der Waals surface area (Å²) >= 11 is 0. The van der Waals surface area contributed by atoms with Crippen LogP contribution in [0.2, 0.25) is 0 Å². The van der Waals surface area contributed by atoms with Gasteiger partial charge in [-0.25, -0.2) is 0 Å². The Bertz CT molecular complexity index is 610. The summed E-state index contributed by atoms with van der Waals surface area (Å²) in [4.78, 5) is 11.2. The minimum Gasteiger partial charge on any atom is -0.457 e. The zero-order valence-electron chi connectivity index (χ0n) is 11.8. The lowest BCUT2D eigenvalue weighted by Gasteiger charge is -2.11. The first-order valence-corrected chi connectivity index (χ1v) is 6.34. The van der Waals surface area contributed by atoms with E-state index >= 15 is 0 Å². The molecule has 0 saturated carbocycles. The maximum absolute atomic E-state index is 11.2. The van der Waals surface area contributed by atoms with Crippen molar-refractivity contribution < 1.29 is 9.53 Å². The molecule has 2 nitrogen and oxygen atoms in total. The molecule has 0 atom stereocenters. The fourth-order valence-electron chi connectivity index (χ4n) is 1.93. The van der Waals surface area contributed by atoms with Gasteiger partial charge in [-0.1, -0.05) is 6.07 Å². The molecule has 0 aliphatic heterocycles. The highest BCUT2D eigenvalue weighted by Crippen LogP contribution is 2.27. The molecule has 0 radical (unpaired) electrons. The lowest BCUT2D eigenvalue weighted by Crippen LogP contribution is -1.93. The van der Waals surface area contributed by atoms with Gasteiger partial charge in [-0.2, -0.15) is 0 Å². The SMILES string of the molecule is CC(=O)c1ccc(Oc2cc(C)c(C)cc2C)cc1. The molecule has 0 unspecified atom stereocenters. The Morgan fingerprint density at radius 1 is 0.895 bits per heavy atom. The summed E-state index contributed by atoms with van der Waals surface area (Å²) < 4.78 is 5.87. The second-order valence-corrected chi connectivity index (χ2v) is 4.88. The molecule has 0 heterocycles. The van der Waals surface area contributed by atoms with Gasteiger partial charge >= 0.3 is 0 Å². The molecule has 0 aliphatic carbocycles. The first kappa shape index (κ1) is 13.3. The standard InChI is InChI=1S/C17H18O2/c1-11-9-13(3)17(10-12(11)2)19-16-7-5-15(6-8-16)14(4)18/h5-10H,1-4H3. The summed E-state index contributed by atoms with van der Waals surface area (Å²) in [6.07, 6.45) is 0. The van der Waals surface area contributed by atoms with Crippen molar-refractivity contribution in [2.24, 2.45) is 0 Å². The fourth-order valence-corrected chi connectivity index (χ4v) is 1.93. The molecular formula is C17H18O2. The van der Waals surface area contributed by atoms with Crippen LogP contribution in [0.4, 0.5) is 0 Å². The number of benzene rings is 2. The number of carbonyl (C=O) groups excluding carboxylic acids is 1. The van der Waals surface area contributed by atoms with E-state index in [-0.39, 0.29) is 5.78 Å². The van der Waals surface area contributed by atoms with Gasteiger partial charge in [0.1, 0.15) is 11.5 Å². The largest absolute Gasteiger partial charge is 0.457 e. The van der Waals surface area contributed by atoms with Gasteiger partial charge in [0.15, 0.2) is 5.78 Å². The molecule has 98 valence electrons. The highest BCUT2D eigenvalue weighted by Gasteiger charge is 2.05. The highest BCUT2D eigenvalue weighted by molar-refractivity contribution is 5.94. The topological polar surface area (TPSA) is 26.3 Å². The number of hydrogen-bond donors (Lipinski definition) is 0. The van der Waals surface area contributed by atoms with E-state index in [1.165, 1.54) is 11.1 Å². The number of carbonyl (C=O) groups is 1. The van der Waals surface area contributed by atoms with Crippen LogP contribution in [0.3, 0.4) is 0 Å². The van der Waals surface area contributed by atoms with Crippen LogP contribution in [0, 0.1) is 20.8 Å². The number of hydrogen-bond acceptors (Lipinski definition) is 2. The lowest BCUT2D eigenvalue weighted by atomic mass is 10.1. The minimum atomic E-state index is 0.0638. The molecule has 0 aliphatic rings. The minimum absolute atomic E-state index is 0.0638. The van der Waals surface area contributed by atoms with Crippen molar-refractivity contribution in [3.63, 3.8) is 0 Å². The number of ether oxygens (including phenoxy) is 1. The molecule has 0 fully saturated rings. The number of Topliss-reactive ketones (excluding diaryl/α,β-unsaturated/α-hetero) is 1. The molecule has 0 spiro atoms. The Labute approximate surface area is 114 Å². The monoisotopic (exact) mass is 254 g/mol. The smallest absolute Gasteiger partial charge is 0.159 e. The van der Waals surface area contributed by atoms with Crippen molar-refractivity contribution in [2.75, 3.05) is 0 Å². The van der Waals surface area contributed by atoms with Crippen LogP contribution in [-0.4, -0.2) is 5.78 Å². The molecule has 0 N–H and O–H groups in total. The van der Waals surface area contributed by atoms with Crippen LogP contribution < -0.4 is 4.74 Å². The quantitative estimate of drug-likeness (QED) is 0.748. The molecule has 0 amide bonds. The summed E-state index contributed by atoms with van der Waals surface area (Å²) in [6.45, 7) is 7.75. The molecule has 19 heavy (non-hydrogen) atoms. The molecule has 2 aromatic carbocycles. The van der Waals surface area contributed by atoms with Crippen LogP contribution in [-0.2, 0) is 0 Å². The van der Waals surface area contributed by atoms with Crippen LogP contribution in [0.25, 0.3) is 0 Å². The van der Waals surface area contributed by atoms with Gasteiger partial charge in [-0.05, 0) is 74.7 Å². The maximum atomic E-state index is 11.2. The van der Waals surface area contributed by atoms with Crippen LogP contribution in [0.15, 0.2) is 36.4 Å². The van der Waals surface area contributed by atoms with E-state index in [1.54, 1.807) is 19.1 Å². The maximum Gasteiger partial charge on any atom is 0.159 e. The van der Waals surface area contributed by atoms with Crippen LogP contribution in [0.5, 0.6) is 11.5 Å². The van der Waals surface area contributed by atoms with E-state index < -0.39 is 0 Å². The first-order chi connectivity index (χ1) is 8.97. The van der Waals surface area contributed by atoms with Crippen molar-refractivity contribution in [3.05, 3.63) is 58.7 Å². The van der Waals surface area contributed by atoms with Crippen molar-refractivity contribution in [1.82, 2.24) is 0 Å². The normalized spacial score (nSPS) is 10.3. The Balaban J connectivity index is 2.26. The first-order valence-electron chi connectivity index (χ1n) is 6.34. The Morgan fingerprint density at radius 3 is 2.05 bits per heavy atom. The summed E-state index contributed by atoms with van der Waals surface area (Å²) in [5, 5.41) is 0. The van der Waals surface area contributed by atoms with E-state index in [1.807, 2.05) is 25.1 Å². The second-order valence-electron chi connectivity index (χ2n) is 4.88. The number of aryl methyl sites for hydroxylation is 3. The molecule has 0 aromatic heterocycles. The van der Waals surface area contributed by atoms with E-state index in [2.05, 4.69) is 19.9 Å². The van der Waals surface area contributed by atoms with Crippen LogP contribution in [0.1, 0.15) is 34.0 Å². The predicted molar refractivity (Wildman–Crippen MR) is 77.2 cm³/mol. The Hall–Kier alpha value is -2.09. The number of ketones is 1. The van der Waals surface area contributed by atoms with Crippen molar-refractivity contribution in [3.8, 4) is 11.5 Å². The molecule has 2 rings (SSSR count). The third kappa shape index (κ3) is 3.02. The van der Waals surface area contributed by atoms with Gasteiger partial charge in [0.2, 0.25) is 0 Å². The summed E-state index contributed by atoms with van der Waals surface area (Å²) in [5.74, 6) is 1.67. The zero-order valence-corrected chi connectivity index (χ0v) is 11.8. The van der Waals surface area contributed by atoms with E-state index in [0.29, 0.717) is 5.56 Å². The van der Waals surface area contributed by atoms with Crippen molar-refractivity contribution in [2.45, 2.75) is 27.7 Å². The Kier molecular flexibility index (Phi) is 3.70. The second kappa shape index (κ2) is 5.27. The summed E-state index contributed by atoms with van der Waals surface area (Å²) in [6, 6.07) is 11.4. The zero-order chi connectivity index (χ0) is 14.0. The Morgan fingerprint density at radius 2 is 1.47 bits per heavy atom. The molecule has 2 heteroatoms. The van der Waals surface area contributed by atoms with Gasteiger partial charge in [0, 0.05) is 5.56 Å². The van der Waals surface area contributed by atoms with Gasteiger partial charge in [0.05, 0.1) is 0 Å². The van der Waals surface area contributed by atoms with E-state index in [0.717, 1.165) is 17.1 Å². The van der Waals surface area contributed by atoms with Gasteiger partial charge in [-0.3, -0.25) is 4.79 Å². The highest BCUT2D eigenvalue weighted by atomic mass is 16.5. The van der Waals surface area contributed by atoms with Gasteiger partial charge < -0.3 is 4.74 Å². The molecule has 2 aromatic rings. The molecule has 0 bridgehead atoms. The van der Waals surface area contributed by atoms with E-state index in [9.17, 15) is 4.79 Å². The van der Waals surface area contributed by atoms with Crippen molar-refractivity contribution >= 4 is 5.78 Å². The predicted octanol–water partition coefficient (Wildman–Crippen LogP) is 4.61. The molecular weight excluding hydrogens is 236 g/mol. The summed E-state index contributed by atoms with van der Waals surface area (Å²) in [5.41, 5.74) is 4.28. The van der Waals surface area contributed by atoms with Crippen molar-refractivity contribution in [1.29, 1.82) is 0 Å². The average molecular weight is 254 g/mol. The van der Waals surface area contributed by atoms with Gasteiger partial charge in [-0.15, -0.1) is 0 Å². The summed E-state index contributed by atoms with van der Waals surface area (Å²) in [7, 11) is 0. The van der Waals surface area contributed by atoms with Gasteiger partial charge in [0.25, 0.3) is 0 Å². The number of rotatable bonds is 3. The molecule has 0 saturated heterocycles.